The van der Waals surface area contributed by atoms with Crippen molar-refractivity contribution in [2.75, 3.05) is 20.6 Å². The number of carbonyl (C=O) groups is 1. The fourth-order valence-corrected chi connectivity index (χ4v) is 1.88. The third kappa shape index (κ3) is 5.83. The van der Waals surface area contributed by atoms with Gasteiger partial charge in [0.1, 0.15) is 5.82 Å². The summed E-state index contributed by atoms with van der Waals surface area (Å²) in [5.74, 6) is -0.0116. The summed E-state index contributed by atoms with van der Waals surface area (Å²) in [5.41, 5.74) is 0.729. The monoisotopic (exact) mass is 266 g/mol. The lowest BCUT2D eigenvalue weighted by Crippen LogP contribution is -2.30. The van der Waals surface area contributed by atoms with E-state index in [-0.39, 0.29) is 17.8 Å². The van der Waals surface area contributed by atoms with E-state index >= 15 is 0 Å². The summed E-state index contributed by atoms with van der Waals surface area (Å²) < 4.78 is 13.5. The van der Waals surface area contributed by atoms with E-state index in [0.717, 1.165) is 18.5 Å². The van der Waals surface area contributed by atoms with Crippen LogP contribution < -0.4 is 5.32 Å². The second kappa shape index (κ2) is 7.89. The molecule has 1 aromatic rings. The van der Waals surface area contributed by atoms with Crippen molar-refractivity contribution >= 4 is 5.91 Å². The highest BCUT2D eigenvalue weighted by atomic mass is 19.1. The molecule has 0 bridgehead atoms. The first-order valence-corrected chi connectivity index (χ1v) is 6.67. The summed E-state index contributed by atoms with van der Waals surface area (Å²) in [6.45, 7) is 2.80. The van der Waals surface area contributed by atoms with Crippen LogP contribution in [0.2, 0.25) is 0 Å². The van der Waals surface area contributed by atoms with Crippen LogP contribution in [0.15, 0.2) is 24.3 Å². The number of nitrogens with zero attached hydrogens (tertiary/aromatic N) is 1. The fraction of sp³-hybridized carbons (Fsp3) is 0.533. The quantitative estimate of drug-likeness (QED) is 0.767. The molecular formula is C15H23FN2O. The molecular weight excluding hydrogens is 243 g/mol. The topological polar surface area (TPSA) is 32.3 Å². The zero-order valence-corrected chi connectivity index (χ0v) is 11.9. The molecule has 1 N–H and O–H groups in total. The standard InChI is InChI=1S/C15H23FN2O/c1-12(11-13-7-4-5-8-14(13)16)17-10-6-9-15(19)18(2)3/h4-5,7-8,12,17H,6,9-11H2,1-3H3/t12-/m1/s1. The predicted molar refractivity (Wildman–Crippen MR) is 75.5 cm³/mol. The molecule has 19 heavy (non-hydrogen) atoms. The number of carbonyl (C=O) groups excluding carboxylic acids is 1. The summed E-state index contributed by atoms with van der Waals surface area (Å²) in [7, 11) is 3.52. The Balaban J connectivity index is 2.23. The third-order valence-electron chi connectivity index (χ3n) is 3.04. The molecule has 106 valence electrons. The zero-order chi connectivity index (χ0) is 14.3. The van der Waals surface area contributed by atoms with Gasteiger partial charge in [0.05, 0.1) is 0 Å². The van der Waals surface area contributed by atoms with Gasteiger partial charge in [-0.05, 0) is 37.9 Å². The fourth-order valence-electron chi connectivity index (χ4n) is 1.88. The normalized spacial score (nSPS) is 12.2. The number of nitrogens with one attached hydrogen (secondary N) is 1. The maximum absolute atomic E-state index is 13.5. The summed E-state index contributed by atoms with van der Waals surface area (Å²) in [4.78, 5) is 13.0. The Bertz CT molecular complexity index is 407. The predicted octanol–water partition coefficient (Wildman–Crippen LogP) is 2.21. The summed E-state index contributed by atoms with van der Waals surface area (Å²) in [6.07, 6.45) is 2.01. The third-order valence-corrected chi connectivity index (χ3v) is 3.04. The van der Waals surface area contributed by atoms with Gasteiger partial charge in [0.2, 0.25) is 5.91 Å². The molecule has 0 radical (unpaired) electrons. The molecule has 1 rings (SSSR count). The second-order valence-corrected chi connectivity index (χ2v) is 5.04. The van der Waals surface area contributed by atoms with E-state index in [1.54, 1.807) is 25.1 Å². The summed E-state index contributed by atoms with van der Waals surface area (Å²) in [5, 5.41) is 3.32. The molecule has 1 aromatic carbocycles. The Morgan fingerprint density at radius 2 is 2.05 bits per heavy atom. The number of rotatable bonds is 7. The molecule has 0 aliphatic heterocycles. The van der Waals surface area contributed by atoms with Crippen molar-refractivity contribution in [3.63, 3.8) is 0 Å². The first-order valence-electron chi connectivity index (χ1n) is 6.67. The van der Waals surface area contributed by atoms with Gasteiger partial charge in [-0.15, -0.1) is 0 Å². The van der Waals surface area contributed by atoms with Gasteiger partial charge in [0.25, 0.3) is 0 Å². The van der Waals surface area contributed by atoms with Crippen LogP contribution in [0.3, 0.4) is 0 Å². The van der Waals surface area contributed by atoms with Crippen LogP contribution in [0.1, 0.15) is 25.3 Å². The Hall–Kier alpha value is -1.42. The zero-order valence-electron chi connectivity index (χ0n) is 11.9. The highest BCUT2D eigenvalue weighted by molar-refractivity contribution is 5.75. The van der Waals surface area contributed by atoms with E-state index in [2.05, 4.69) is 5.32 Å². The van der Waals surface area contributed by atoms with Crippen LogP contribution in [-0.4, -0.2) is 37.5 Å². The number of halogens is 1. The lowest BCUT2D eigenvalue weighted by molar-refractivity contribution is -0.128. The van der Waals surface area contributed by atoms with Crippen molar-refractivity contribution in [1.82, 2.24) is 10.2 Å². The number of benzene rings is 1. The van der Waals surface area contributed by atoms with E-state index < -0.39 is 0 Å². The van der Waals surface area contributed by atoms with Gasteiger partial charge >= 0.3 is 0 Å². The van der Waals surface area contributed by atoms with Crippen LogP contribution in [0.4, 0.5) is 4.39 Å². The number of amides is 1. The van der Waals surface area contributed by atoms with E-state index in [9.17, 15) is 9.18 Å². The Morgan fingerprint density at radius 1 is 1.37 bits per heavy atom. The molecule has 0 spiro atoms. The van der Waals surface area contributed by atoms with Gasteiger partial charge < -0.3 is 10.2 Å². The van der Waals surface area contributed by atoms with Crippen molar-refractivity contribution in [3.05, 3.63) is 35.6 Å². The van der Waals surface area contributed by atoms with Crippen LogP contribution in [0, 0.1) is 5.82 Å². The van der Waals surface area contributed by atoms with Gasteiger partial charge in [-0.25, -0.2) is 4.39 Å². The van der Waals surface area contributed by atoms with E-state index in [4.69, 9.17) is 0 Å². The van der Waals surface area contributed by atoms with Crippen molar-refractivity contribution in [2.45, 2.75) is 32.2 Å². The second-order valence-electron chi connectivity index (χ2n) is 5.04. The van der Waals surface area contributed by atoms with Gasteiger partial charge in [-0.1, -0.05) is 18.2 Å². The van der Waals surface area contributed by atoms with Gasteiger partial charge in [0, 0.05) is 26.6 Å². The van der Waals surface area contributed by atoms with Crippen molar-refractivity contribution in [1.29, 1.82) is 0 Å². The Labute approximate surface area is 114 Å². The van der Waals surface area contributed by atoms with Gasteiger partial charge in [-0.3, -0.25) is 4.79 Å². The average molecular weight is 266 g/mol. The molecule has 0 aromatic heterocycles. The Kier molecular flexibility index (Phi) is 6.50. The van der Waals surface area contributed by atoms with Crippen molar-refractivity contribution in [3.8, 4) is 0 Å². The van der Waals surface area contributed by atoms with Crippen LogP contribution in [-0.2, 0) is 11.2 Å². The molecule has 0 saturated heterocycles. The lowest BCUT2D eigenvalue weighted by atomic mass is 10.1. The smallest absolute Gasteiger partial charge is 0.222 e. The van der Waals surface area contributed by atoms with Gasteiger partial charge in [0.15, 0.2) is 0 Å². The molecule has 4 heteroatoms. The highest BCUT2D eigenvalue weighted by Crippen LogP contribution is 2.09. The van der Waals surface area contributed by atoms with Crippen molar-refractivity contribution < 1.29 is 9.18 Å². The molecule has 0 aliphatic carbocycles. The molecule has 3 nitrogen and oxygen atoms in total. The highest BCUT2D eigenvalue weighted by Gasteiger charge is 2.07. The Morgan fingerprint density at radius 3 is 2.68 bits per heavy atom. The van der Waals surface area contributed by atoms with Crippen molar-refractivity contribution in [2.24, 2.45) is 0 Å². The van der Waals surface area contributed by atoms with Crippen LogP contribution in [0.5, 0.6) is 0 Å². The molecule has 0 aliphatic rings. The van der Waals surface area contributed by atoms with E-state index in [1.807, 2.05) is 19.1 Å². The van der Waals surface area contributed by atoms with Gasteiger partial charge in [-0.2, -0.15) is 0 Å². The minimum atomic E-state index is -0.154. The number of hydrogen-bond donors (Lipinski definition) is 1. The van der Waals surface area contributed by atoms with E-state index in [1.165, 1.54) is 6.07 Å². The number of hydrogen-bond acceptors (Lipinski definition) is 2. The molecule has 0 fully saturated rings. The minimum Gasteiger partial charge on any atom is -0.349 e. The summed E-state index contributed by atoms with van der Waals surface area (Å²) >= 11 is 0. The van der Waals surface area contributed by atoms with E-state index in [0.29, 0.717) is 12.8 Å². The SMILES string of the molecule is C[C@H](Cc1ccccc1F)NCCCC(=O)N(C)C. The molecule has 1 amide bonds. The molecule has 0 heterocycles. The first kappa shape index (κ1) is 15.6. The largest absolute Gasteiger partial charge is 0.349 e. The average Bonchev–Trinajstić information content (AvgIpc) is 2.37. The molecule has 0 saturated carbocycles. The maximum Gasteiger partial charge on any atom is 0.222 e. The first-order chi connectivity index (χ1) is 9.00. The molecule has 1 atom stereocenters. The van der Waals surface area contributed by atoms with Crippen LogP contribution in [0.25, 0.3) is 0 Å². The minimum absolute atomic E-state index is 0.142. The maximum atomic E-state index is 13.5. The van der Waals surface area contributed by atoms with Crippen LogP contribution >= 0.6 is 0 Å². The summed E-state index contributed by atoms with van der Waals surface area (Å²) in [6, 6.07) is 7.04. The molecule has 0 unspecified atom stereocenters. The lowest BCUT2D eigenvalue weighted by Gasteiger charge is -2.15.